The molecule has 0 aliphatic heterocycles. The Morgan fingerprint density at radius 2 is 1.68 bits per heavy atom. The maximum absolute atomic E-state index is 13.2. The van der Waals surface area contributed by atoms with Crippen molar-refractivity contribution in [1.29, 1.82) is 0 Å². The van der Waals surface area contributed by atoms with E-state index in [1.807, 2.05) is 50.2 Å². The third-order valence-corrected chi connectivity index (χ3v) is 5.52. The number of carbonyl (C=O) groups is 1. The molecule has 0 saturated carbocycles. The molecule has 37 heavy (non-hydrogen) atoms. The first-order valence-corrected chi connectivity index (χ1v) is 12.2. The summed E-state index contributed by atoms with van der Waals surface area (Å²) in [6.45, 7) is 4.84. The monoisotopic (exact) mass is 500 g/mol. The van der Waals surface area contributed by atoms with E-state index in [0.29, 0.717) is 36.0 Å². The van der Waals surface area contributed by atoms with Gasteiger partial charge < -0.3 is 19.5 Å². The van der Waals surface area contributed by atoms with Gasteiger partial charge in [0, 0.05) is 43.6 Å². The molecule has 2 heterocycles. The first kappa shape index (κ1) is 25.9. The van der Waals surface area contributed by atoms with Crippen LogP contribution in [0.25, 0.3) is 0 Å². The van der Waals surface area contributed by atoms with Crippen LogP contribution in [0.2, 0.25) is 0 Å². The molecule has 0 saturated heterocycles. The quantitative estimate of drug-likeness (QED) is 0.295. The summed E-state index contributed by atoms with van der Waals surface area (Å²) in [5.41, 5.74) is 2.46. The summed E-state index contributed by atoms with van der Waals surface area (Å²) in [6, 6.07) is 22.8. The van der Waals surface area contributed by atoms with Crippen molar-refractivity contribution in [3.8, 4) is 11.5 Å². The predicted molar refractivity (Wildman–Crippen MR) is 142 cm³/mol. The molecule has 0 aliphatic carbocycles. The van der Waals surface area contributed by atoms with Crippen molar-refractivity contribution in [3.05, 3.63) is 102 Å². The number of amides is 1. The highest BCUT2D eigenvalue weighted by atomic mass is 16.5. The molecule has 2 aromatic heterocycles. The number of methoxy groups -OCH3 is 1. The van der Waals surface area contributed by atoms with E-state index in [1.165, 1.54) is 5.56 Å². The lowest BCUT2D eigenvalue weighted by molar-refractivity contribution is 0.0913. The predicted octanol–water partition coefficient (Wildman–Crippen LogP) is 5.00. The number of anilines is 1. The van der Waals surface area contributed by atoms with Crippen LogP contribution in [0.3, 0.4) is 0 Å². The topological polar surface area (TPSA) is 87.5 Å². The van der Waals surface area contributed by atoms with E-state index in [1.54, 1.807) is 48.5 Å². The van der Waals surface area contributed by atoms with Crippen LogP contribution in [-0.4, -0.2) is 46.6 Å². The second-order valence-electron chi connectivity index (χ2n) is 8.87. The Morgan fingerprint density at radius 3 is 2.38 bits per heavy atom. The maximum atomic E-state index is 13.2. The standard InChI is InChI=1S/C29H32N4O4/c1-21(15-23-9-5-4-6-10-23)36-26-16-24(17-27(18-26)37-22(2)20-35-3)29(34)31-28-12-14-33(32-28)19-25-11-7-8-13-30-25/h4-14,16-18,21-22H,15,19-20H2,1-3H3,(H,31,32,34)/t21-,22-/m0/s1. The van der Waals surface area contributed by atoms with Crippen LogP contribution in [0.15, 0.2) is 85.2 Å². The fourth-order valence-corrected chi connectivity index (χ4v) is 3.92. The van der Waals surface area contributed by atoms with Crippen molar-refractivity contribution in [1.82, 2.24) is 14.8 Å². The van der Waals surface area contributed by atoms with E-state index in [-0.39, 0.29) is 18.1 Å². The van der Waals surface area contributed by atoms with Crippen LogP contribution in [0.4, 0.5) is 5.82 Å². The highest BCUT2D eigenvalue weighted by Gasteiger charge is 2.15. The number of rotatable bonds is 12. The second-order valence-corrected chi connectivity index (χ2v) is 8.87. The molecule has 4 aromatic rings. The zero-order valence-electron chi connectivity index (χ0n) is 21.3. The molecule has 0 fully saturated rings. The molecule has 0 radical (unpaired) electrons. The van der Waals surface area contributed by atoms with Gasteiger partial charge in [-0.25, -0.2) is 0 Å². The molecule has 0 bridgehead atoms. The number of benzene rings is 2. The third kappa shape index (κ3) is 7.91. The van der Waals surface area contributed by atoms with Gasteiger partial charge in [0.15, 0.2) is 5.82 Å². The SMILES string of the molecule is COC[C@H](C)Oc1cc(O[C@@H](C)Cc2ccccc2)cc(C(=O)Nc2ccn(Cc3ccccn3)n2)c1. The minimum atomic E-state index is -0.312. The summed E-state index contributed by atoms with van der Waals surface area (Å²) in [7, 11) is 1.62. The number of hydrogen-bond donors (Lipinski definition) is 1. The summed E-state index contributed by atoms with van der Waals surface area (Å²) < 4.78 is 19.1. The Bertz CT molecular complexity index is 1280. The Hall–Kier alpha value is -4.17. The van der Waals surface area contributed by atoms with Crippen LogP contribution in [0.5, 0.6) is 11.5 Å². The molecule has 8 heteroatoms. The van der Waals surface area contributed by atoms with E-state index in [2.05, 4.69) is 27.5 Å². The number of pyridine rings is 1. The van der Waals surface area contributed by atoms with Crippen molar-refractivity contribution in [2.24, 2.45) is 0 Å². The van der Waals surface area contributed by atoms with Crippen LogP contribution in [-0.2, 0) is 17.7 Å². The first-order valence-electron chi connectivity index (χ1n) is 12.2. The van der Waals surface area contributed by atoms with Gasteiger partial charge in [0.1, 0.15) is 17.6 Å². The Labute approximate surface area is 217 Å². The highest BCUT2D eigenvalue weighted by molar-refractivity contribution is 6.04. The molecule has 2 aromatic carbocycles. The molecule has 2 atom stereocenters. The third-order valence-electron chi connectivity index (χ3n) is 5.52. The molecule has 1 N–H and O–H groups in total. The number of hydrogen-bond acceptors (Lipinski definition) is 6. The summed E-state index contributed by atoms with van der Waals surface area (Å²) in [5, 5.41) is 7.31. The van der Waals surface area contributed by atoms with Gasteiger partial charge in [-0.15, -0.1) is 0 Å². The molecule has 1 amide bonds. The fourth-order valence-electron chi connectivity index (χ4n) is 3.92. The van der Waals surface area contributed by atoms with Gasteiger partial charge in [-0.05, 0) is 43.7 Å². The number of carbonyl (C=O) groups excluding carboxylic acids is 1. The van der Waals surface area contributed by atoms with Crippen LogP contribution >= 0.6 is 0 Å². The molecular formula is C29H32N4O4. The van der Waals surface area contributed by atoms with E-state index in [0.717, 1.165) is 12.1 Å². The number of nitrogens with one attached hydrogen (secondary N) is 1. The lowest BCUT2D eigenvalue weighted by Crippen LogP contribution is -2.20. The minimum absolute atomic E-state index is 0.104. The van der Waals surface area contributed by atoms with Crippen LogP contribution in [0.1, 0.15) is 35.5 Å². The van der Waals surface area contributed by atoms with Gasteiger partial charge in [-0.3, -0.25) is 14.5 Å². The molecule has 4 rings (SSSR count). The van der Waals surface area contributed by atoms with E-state index >= 15 is 0 Å². The number of ether oxygens (including phenoxy) is 3. The molecular weight excluding hydrogens is 468 g/mol. The fraction of sp³-hybridized carbons (Fsp3) is 0.276. The van der Waals surface area contributed by atoms with Gasteiger partial charge >= 0.3 is 0 Å². The summed E-state index contributed by atoms with van der Waals surface area (Å²) >= 11 is 0. The van der Waals surface area contributed by atoms with Gasteiger partial charge in [-0.1, -0.05) is 36.4 Å². The minimum Gasteiger partial charge on any atom is -0.490 e. The van der Waals surface area contributed by atoms with Crippen LogP contribution < -0.4 is 14.8 Å². The summed E-state index contributed by atoms with van der Waals surface area (Å²) in [4.78, 5) is 17.5. The van der Waals surface area contributed by atoms with Crippen LogP contribution in [0, 0.1) is 0 Å². The van der Waals surface area contributed by atoms with Crippen molar-refractivity contribution in [2.75, 3.05) is 19.0 Å². The van der Waals surface area contributed by atoms with Crippen molar-refractivity contribution in [3.63, 3.8) is 0 Å². The van der Waals surface area contributed by atoms with Gasteiger partial charge in [0.25, 0.3) is 5.91 Å². The molecule has 192 valence electrons. The number of aromatic nitrogens is 3. The van der Waals surface area contributed by atoms with E-state index in [4.69, 9.17) is 14.2 Å². The zero-order valence-corrected chi connectivity index (χ0v) is 21.3. The van der Waals surface area contributed by atoms with E-state index in [9.17, 15) is 4.79 Å². The van der Waals surface area contributed by atoms with Crippen molar-refractivity contribution >= 4 is 11.7 Å². The summed E-state index contributed by atoms with van der Waals surface area (Å²) in [6.07, 6.45) is 3.98. The first-order chi connectivity index (χ1) is 18.0. The average Bonchev–Trinajstić information content (AvgIpc) is 3.31. The smallest absolute Gasteiger partial charge is 0.257 e. The van der Waals surface area contributed by atoms with Crippen molar-refractivity contribution in [2.45, 2.75) is 39.0 Å². The zero-order chi connectivity index (χ0) is 26.0. The normalized spacial score (nSPS) is 12.5. The molecule has 0 spiro atoms. The average molecular weight is 501 g/mol. The highest BCUT2D eigenvalue weighted by Crippen LogP contribution is 2.26. The maximum Gasteiger partial charge on any atom is 0.257 e. The lowest BCUT2D eigenvalue weighted by atomic mass is 10.1. The van der Waals surface area contributed by atoms with E-state index < -0.39 is 0 Å². The molecule has 8 nitrogen and oxygen atoms in total. The summed E-state index contributed by atoms with van der Waals surface area (Å²) in [5.74, 6) is 1.21. The van der Waals surface area contributed by atoms with Gasteiger partial charge in [-0.2, -0.15) is 5.10 Å². The van der Waals surface area contributed by atoms with Crippen molar-refractivity contribution < 1.29 is 19.0 Å². The molecule has 0 aliphatic rings. The van der Waals surface area contributed by atoms with Gasteiger partial charge in [0.05, 0.1) is 24.9 Å². The van der Waals surface area contributed by atoms with Gasteiger partial charge in [0.2, 0.25) is 0 Å². The lowest BCUT2D eigenvalue weighted by Gasteiger charge is -2.19. The number of nitrogens with zero attached hydrogens (tertiary/aromatic N) is 3. The Morgan fingerprint density at radius 1 is 0.946 bits per heavy atom. The molecule has 0 unspecified atom stereocenters. The second kappa shape index (κ2) is 12.7. The largest absolute Gasteiger partial charge is 0.490 e. The Balaban J connectivity index is 1.48. The Kier molecular flexibility index (Phi) is 8.89.